The molecule has 2 heterocycles. The van der Waals surface area contributed by atoms with E-state index in [1.54, 1.807) is 6.20 Å². The predicted molar refractivity (Wildman–Crippen MR) is 92.2 cm³/mol. The Morgan fingerprint density at radius 2 is 1.90 bits per heavy atom. The molecule has 1 N–H and O–H groups in total. The first-order chi connectivity index (χ1) is 10.2. The van der Waals surface area contributed by atoms with E-state index in [9.17, 15) is 0 Å². The van der Waals surface area contributed by atoms with Gasteiger partial charge in [-0.15, -0.1) is 0 Å². The summed E-state index contributed by atoms with van der Waals surface area (Å²) in [4.78, 5) is 6.55. The molecule has 1 aliphatic heterocycles. The van der Waals surface area contributed by atoms with E-state index in [4.69, 9.17) is 11.6 Å². The van der Waals surface area contributed by atoms with Gasteiger partial charge in [0.1, 0.15) is 5.15 Å². The van der Waals surface area contributed by atoms with Crippen molar-refractivity contribution in [3.63, 3.8) is 0 Å². The third-order valence-corrected chi connectivity index (χ3v) is 4.83. The molecule has 0 amide bonds. The predicted octanol–water partition coefficient (Wildman–Crippen LogP) is 4.71. The zero-order valence-corrected chi connectivity index (χ0v) is 14.0. The molecule has 3 nitrogen and oxygen atoms in total. The molecule has 1 aromatic carbocycles. The van der Waals surface area contributed by atoms with E-state index >= 15 is 0 Å². The smallest absolute Gasteiger partial charge is 0.143 e. The van der Waals surface area contributed by atoms with Gasteiger partial charge in [0.25, 0.3) is 0 Å². The van der Waals surface area contributed by atoms with Crippen LogP contribution in [0.25, 0.3) is 0 Å². The molecule has 0 atom stereocenters. The Labute approximate surface area is 138 Å². The van der Waals surface area contributed by atoms with Gasteiger partial charge in [0.05, 0.1) is 16.4 Å². The second kappa shape index (κ2) is 6.67. The van der Waals surface area contributed by atoms with Crippen molar-refractivity contribution in [1.82, 2.24) is 4.98 Å². The van der Waals surface area contributed by atoms with Crippen molar-refractivity contribution >= 4 is 38.9 Å². The molecular weight excluding hydrogens is 350 g/mol. The quantitative estimate of drug-likeness (QED) is 0.794. The molecule has 2 aromatic rings. The van der Waals surface area contributed by atoms with Gasteiger partial charge in [-0.05, 0) is 52.5 Å². The summed E-state index contributed by atoms with van der Waals surface area (Å²) < 4.78 is 0.804. The van der Waals surface area contributed by atoms with Crippen LogP contribution < -0.4 is 10.2 Å². The minimum atomic E-state index is 0.482. The number of rotatable bonds is 4. The molecule has 1 aromatic heterocycles. The maximum atomic E-state index is 5.89. The molecule has 1 saturated heterocycles. The van der Waals surface area contributed by atoms with Gasteiger partial charge in [0.2, 0.25) is 0 Å². The maximum Gasteiger partial charge on any atom is 0.143 e. The van der Waals surface area contributed by atoms with Gasteiger partial charge in [-0.2, -0.15) is 0 Å². The van der Waals surface area contributed by atoms with Crippen LogP contribution in [0.4, 0.5) is 11.4 Å². The Balaban J connectivity index is 1.61. The van der Waals surface area contributed by atoms with Gasteiger partial charge in [-0.25, -0.2) is 4.98 Å². The van der Waals surface area contributed by atoms with Crippen molar-refractivity contribution in [2.24, 2.45) is 0 Å². The Morgan fingerprint density at radius 3 is 2.57 bits per heavy atom. The van der Waals surface area contributed by atoms with Gasteiger partial charge >= 0.3 is 0 Å². The second-order valence-corrected chi connectivity index (χ2v) is 6.42. The third kappa shape index (κ3) is 3.69. The first-order valence-electron chi connectivity index (χ1n) is 7.11. The van der Waals surface area contributed by atoms with Crippen LogP contribution in [0.2, 0.25) is 5.15 Å². The number of nitrogens with zero attached hydrogens (tertiary/aromatic N) is 2. The number of anilines is 2. The summed E-state index contributed by atoms with van der Waals surface area (Å²) >= 11 is 9.27. The summed E-state index contributed by atoms with van der Waals surface area (Å²) in [5, 5.41) is 3.84. The summed E-state index contributed by atoms with van der Waals surface area (Å²) in [6, 6.07) is 10.7. The van der Waals surface area contributed by atoms with Crippen LogP contribution in [-0.2, 0) is 6.54 Å². The van der Waals surface area contributed by atoms with E-state index < -0.39 is 0 Å². The minimum absolute atomic E-state index is 0.482. The normalized spacial score (nSPS) is 14.5. The highest BCUT2D eigenvalue weighted by molar-refractivity contribution is 9.10. The summed E-state index contributed by atoms with van der Waals surface area (Å²) in [6.07, 6.45) is 4.36. The standard InChI is InChI=1S/C16H17BrClN3/c17-15-9-13(11-20-16(15)18)19-10-12-3-5-14(6-4-12)21-7-1-2-8-21/h3-6,9,11,19H,1-2,7-8,10H2. The molecular formula is C16H17BrClN3. The second-order valence-electron chi connectivity index (χ2n) is 5.21. The molecule has 0 unspecified atom stereocenters. The lowest BCUT2D eigenvalue weighted by Gasteiger charge is -2.17. The van der Waals surface area contributed by atoms with E-state index in [2.05, 4.69) is 55.4 Å². The van der Waals surface area contributed by atoms with Crippen LogP contribution in [0.15, 0.2) is 41.0 Å². The van der Waals surface area contributed by atoms with E-state index in [0.29, 0.717) is 5.15 Å². The Hall–Kier alpha value is -1.26. The third-order valence-electron chi connectivity index (χ3n) is 3.70. The topological polar surface area (TPSA) is 28.2 Å². The number of hydrogen-bond acceptors (Lipinski definition) is 3. The number of benzene rings is 1. The molecule has 0 bridgehead atoms. The first-order valence-corrected chi connectivity index (χ1v) is 8.28. The largest absolute Gasteiger partial charge is 0.380 e. The number of pyridine rings is 1. The molecule has 3 rings (SSSR count). The Kier molecular flexibility index (Phi) is 4.66. The number of hydrogen-bond donors (Lipinski definition) is 1. The highest BCUT2D eigenvalue weighted by Crippen LogP contribution is 2.24. The Bertz CT molecular complexity index is 609. The summed E-state index contributed by atoms with van der Waals surface area (Å²) in [5.41, 5.74) is 3.53. The van der Waals surface area contributed by atoms with Crippen molar-refractivity contribution in [2.75, 3.05) is 23.3 Å². The van der Waals surface area contributed by atoms with Gasteiger partial charge in [-0.1, -0.05) is 23.7 Å². The lowest BCUT2D eigenvalue weighted by Crippen LogP contribution is -2.17. The maximum absolute atomic E-state index is 5.89. The van der Waals surface area contributed by atoms with Crippen LogP contribution in [0, 0.1) is 0 Å². The zero-order chi connectivity index (χ0) is 14.7. The fourth-order valence-corrected chi connectivity index (χ4v) is 2.97. The van der Waals surface area contributed by atoms with Crippen molar-refractivity contribution in [3.8, 4) is 0 Å². The lowest BCUT2D eigenvalue weighted by atomic mass is 10.2. The molecule has 1 fully saturated rings. The van der Waals surface area contributed by atoms with E-state index in [0.717, 1.165) is 16.7 Å². The van der Waals surface area contributed by atoms with Crippen molar-refractivity contribution in [1.29, 1.82) is 0 Å². The zero-order valence-electron chi connectivity index (χ0n) is 11.6. The highest BCUT2D eigenvalue weighted by Gasteiger charge is 2.11. The summed E-state index contributed by atoms with van der Waals surface area (Å²) in [5.74, 6) is 0. The molecule has 1 aliphatic rings. The minimum Gasteiger partial charge on any atom is -0.380 e. The number of halogens is 2. The molecule has 21 heavy (non-hydrogen) atoms. The summed E-state index contributed by atoms with van der Waals surface area (Å²) in [7, 11) is 0. The fraction of sp³-hybridized carbons (Fsp3) is 0.312. The number of nitrogens with one attached hydrogen (secondary N) is 1. The summed E-state index contributed by atoms with van der Waals surface area (Å²) in [6.45, 7) is 3.14. The van der Waals surface area contributed by atoms with Gasteiger partial charge in [-0.3, -0.25) is 0 Å². The van der Waals surface area contributed by atoms with Crippen molar-refractivity contribution < 1.29 is 0 Å². The van der Waals surface area contributed by atoms with Crippen LogP contribution in [0.5, 0.6) is 0 Å². The average Bonchev–Trinajstić information content (AvgIpc) is 3.03. The molecule has 0 saturated carbocycles. The molecule has 110 valence electrons. The first kappa shape index (κ1) is 14.7. The lowest BCUT2D eigenvalue weighted by molar-refractivity contribution is 0.949. The molecule has 0 aliphatic carbocycles. The van der Waals surface area contributed by atoms with E-state index in [1.165, 1.54) is 37.2 Å². The SMILES string of the molecule is Clc1ncc(NCc2ccc(N3CCCC3)cc2)cc1Br. The van der Waals surface area contributed by atoms with Crippen LogP contribution in [-0.4, -0.2) is 18.1 Å². The average molecular weight is 367 g/mol. The van der Waals surface area contributed by atoms with Gasteiger partial charge in [0, 0.05) is 25.3 Å². The van der Waals surface area contributed by atoms with Crippen molar-refractivity contribution in [2.45, 2.75) is 19.4 Å². The molecule has 5 heteroatoms. The highest BCUT2D eigenvalue weighted by atomic mass is 79.9. The molecule has 0 radical (unpaired) electrons. The van der Waals surface area contributed by atoms with Gasteiger partial charge in [0.15, 0.2) is 0 Å². The van der Waals surface area contributed by atoms with E-state index in [-0.39, 0.29) is 0 Å². The fourth-order valence-electron chi connectivity index (χ4n) is 2.52. The van der Waals surface area contributed by atoms with Crippen molar-refractivity contribution in [3.05, 3.63) is 51.7 Å². The van der Waals surface area contributed by atoms with Crippen LogP contribution in [0.3, 0.4) is 0 Å². The molecule has 0 spiro atoms. The number of aromatic nitrogens is 1. The van der Waals surface area contributed by atoms with Crippen LogP contribution in [0.1, 0.15) is 18.4 Å². The Morgan fingerprint density at radius 1 is 1.19 bits per heavy atom. The van der Waals surface area contributed by atoms with Crippen LogP contribution >= 0.6 is 27.5 Å². The van der Waals surface area contributed by atoms with E-state index in [1.807, 2.05) is 6.07 Å². The monoisotopic (exact) mass is 365 g/mol. The van der Waals surface area contributed by atoms with Gasteiger partial charge < -0.3 is 10.2 Å².